The Morgan fingerprint density at radius 3 is 2.56 bits per heavy atom. The van der Waals surface area contributed by atoms with Crippen LogP contribution in [-0.4, -0.2) is 28.5 Å². The van der Waals surface area contributed by atoms with Gasteiger partial charge in [0.1, 0.15) is 11.6 Å². The number of hydrogen-bond donors (Lipinski definition) is 1. The van der Waals surface area contributed by atoms with E-state index in [1.807, 2.05) is 0 Å². The van der Waals surface area contributed by atoms with Gasteiger partial charge < -0.3 is 15.0 Å². The van der Waals surface area contributed by atoms with Crippen LogP contribution in [0.3, 0.4) is 0 Å². The molecule has 0 aliphatic carbocycles. The maximum atomic E-state index is 5.63. The largest absolute Gasteiger partial charge is 0.383 e. The van der Waals surface area contributed by atoms with E-state index in [4.69, 9.17) is 10.5 Å². The van der Waals surface area contributed by atoms with Gasteiger partial charge in [-0.2, -0.15) is 0 Å². The van der Waals surface area contributed by atoms with Gasteiger partial charge in [-0.05, 0) is 12.3 Å². The molecule has 0 fully saturated rings. The van der Waals surface area contributed by atoms with Gasteiger partial charge in [-0.15, -0.1) is 10.2 Å². The van der Waals surface area contributed by atoms with Crippen LogP contribution in [0, 0.1) is 5.92 Å². The highest BCUT2D eigenvalue weighted by Crippen LogP contribution is 2.09. The molecule has 5 nitrogen and oxygen atoms in total. The lowest BCUT2D eigenvalue weighted by molar-refractivity contribution is 0.185. The molecular weight excluding hydrogens is 204 g/mol. The molecule has 16 heavy (non-hydrogen) atoms. The summed E-state index contributed by atoms with van der Waals surface area (Å²) in [6, 6.07) is 0. The van der Waals surface area contributed by atoms with Crippen LogP contribution in [-0.2, 0) is 24.2 Å². The van der Waals surface area contributed by atoms with Crippen molar-refractivity contribution in [1.82, 2.24) is 14.8 Å². The summed E-state index contributed by atoms with van der Waals surface area (Å²) in [4.78, 5) is 0. The Balaban J connectivity index is 2.70. The normalized spacial score (nSPS) is 11.3. The second-order valence-electron chi connectivity index (χ2n) is 4.31. The number of ether oxygens (including phenoxy) is 1. The molecule has 0 amide bonds. The molecule has 1 heterocycles. The number of nitrogens with two attached hydrogens (primary N) is 1. The number of hydrogen-bond acceptors (Lipinski definition) is 4. The Bertz CT molecular complexity index is 309. The Morgan fingerprint density at radius 1 is 1.31 bits per heavy atom. The van der Waals surface area contributed by atoms with Crippen LogP contribution in [0.25, 0.3) is 0 Å². The molecule has 5 heteroatoms. The van der Waals surface area contributed by atoms with E-state index in [-0.39, 0.29) is 0 Å². The van der Waals surface area contributed by atoms with Crippen molar-refractivity contribution in [3.05, 3.63) is 11.6 Å². The average Bonchev–Trinajstić information content (AvgIpc) is 2.65. The maximum Gasteiger partial charge on any atom is 0.146 e. The zero-order valence-corrected chi connectivity index (χ0v) is 10.4. The Morgan fingerprint density at radius 2 is 2.00 bits per heavy atom. The number of aryl methyl sites for hydroxylation is 1. The maximum absolute atomic E-state index is 5.63. The standard InChI is InChI=1S/C11H22N4O/c1-9(2)4-5-10-13-14-11(8-12)15(10)6-7-16-3/h9H,4-8,12H2,1-3H3. The summed E-state index contributed by atoms with van der Waals surface area (Å²) in [6.07, 6.45) is 2.07. The summed E-state index contributed by atoms with van der Waals surface area (Å²) in [5, 5.41) is 8.29. The van der Waals surface area contributed by atoms with E-state index < -0.39 is 0 Å². The van der Waals surface area contributed by atoms with Gasteiger partial charge in [-0.1, -0.05) is 13.8 Å². The fourth-order valence-electron chi connectivity index (χ4n) is 1.57. The molecule has 0 saturated carbocycles. The monoisotopic (exact) mass is 226 g/mol. The molecule has 0 radical (unpaired) electrons. The third-order valence-electron chi connectivity index (χ3n) is 2.55. The second-order valence-corrected chi connectivity index (χ2v) is 4.31. The van der Waals surface area contributed by atoms with Crippen LogP contribution in [0.1, 0.15) is 31.9 Å². The molecule has 0 spiro atoms. The lowest BCUT2D eigenvalue weighted by Crippen LogP contribution is -2.14. The van der Waals surface area contributed by atoms with E-state index in [1.54, 1.807) is 7.11 Å². The lowest BCUT2D eigenvalue weighted by Gasteiger charge is -2.09. The molecule has 0 saturated heterocycles. The van der Waals surface area contributed by atoms with Crippen LogP contribution in [0.2, 0.25) is 0 Å². The fraction of sp³-hybridized carbons (Fsp3) is 0.818. The van der Waals surface area contributed by atoms with E-state index in [9.17, 15) is 0 Å². The van der Waals surface area contributed by atoms with Gasteiger partial charge in [0.25, 0.3) is 0 Å². The molecular formula is C11H22N4O. The summed E-state index contributed by atoms with van der Waals surface area (Å²) in [6.45, 7) is 6.29. The molecule has 1 rings (SSSR count). The molecule has 2 N–H and O–H groups in total. The van der Waals surface area contributed by atoms with Gasteiger partial charge in [0, 0.05) is 20.1 Å². The average molecular weight is 226 g/mol. The van der Waals surface area contributed by atoms with E-state index in [2.05, 4.69) is 28.6 Å². The van der Waals surface area contributed by atoms with Gasteiger partial charge >= 0.3 is 0 Å². The van der Waals surface area contributed by atoms with Gasteiger partial charge in [-0.25, -0.2) is 0 Å². The van der Waals surface area contributed by atoms with Crippen LogP contribution >= 0.6 is 0 Å². The number of rotatable bonds is 7. The number of methoxy groups -OCH3 is 1. The van der Waals surface area contributed by atoms with Gasteiger partial charge in [0.05, 0.1) is 13.2 Å². The first-order chi connectivity index (χ1) is 7.69. The van der Waals surface area contributed by atoms with Crippen molar-refractivity contribution in [2.24, 2.45) is 11.7 Å². The first kappa shape index (κ1) is 13.1. The smallest absolute Gasteiger partial charge is 0.146 e. The molecule has 0 aromatic carbocycles. The van der Waals surface area contributed by atoms with Crippen molar-refractivity contribution in [1.29, 1.82) is 0 Å². The van der Waals surface area contributed by atoms with Crippen molar-refractivity contribution in [3.63, 3.8) is 0 Å². The lowest BCUT2D eigenvalue weighted by atomic mass is 10.1. The van der Waals surface area contributed by atoms with Crippen LogP contribution in [0.15, 0.2) is 0 Å². The molecule has 1 aromatic heterocycles. The van der Waals surface area contributed by atoms with Crippen molar-refractivity contribution >= 4 is 0 Å². The van der Waals surface area contributed by atoms with Crippen molar-refractivity contribution < 1.29 is 4.74 Å². The van der Waals surface area contributed by atoms with E-state index in [1.165, 1.54) is 0 Å². The van der Waals surface area contributed by atoms with Crippen LogP contribution in [0.4, 0.5) is 0 Å². The van der Waals surface area contributed by atoms with E-state index >= 15 is 0 Å². The third-order valence-corrected chi connectivity index (χ3v) is 2.55. The first-order valence-electron chi connectivity index (χ1n) is 5.79. The molecule has 0 bridgehead atoms. The molecule has 0 unspecified atom stereocenters. The van der Waals surface area contributed by atoms with Crippen LogP contribution < -0.4 is 5.73 Å². The quantitative estimate of drug-likeness (QED) is 0.752. The minimum Gasteiger partial charge on any atom is -0.383 e. The predicted octanol–water partition coefficient (Wildman–Crippen LogP) is 0.972. The summed E-state index contributed by atoms with van der Waals surface area (Å²) in [7, 11) is 1.69. The topological polar surface area (TPSA) is 66.0 Å². The Labute approximate surface area is 97.0 Å². The van der Waals surface area contributed by atoms with E-state index in [0.29, 0.717) is 19.1 Å². The molecule has 1 aromatic rings. The Kier molecular flexibility index (Phi) is 5.42. The zero-order valence-electron chi connectivity index (χ0n) is 10.4. The molecule has 0 aliphatic rings. The van der Waals surface area contributed by atoms with Crippen molar-refractivity contribution in [2.45, 2.75) is 39.8 Å². The third kappa shape index (κ3) is 3.57. The summed E-state index contributed by atoms with van der Waals surface area (Å²) in [5.74, 6) is 2.54. The second kappa shape index (κ2) is 6.60. The molecule has 92 valence electrons. The molecule has 0 aliphatic heterocycles. The number of aromatic nitrogens is 3. The summed E-state index contributed by atoms with van der Waals surface area (Å²) >= 11 is 0. The summed E-state index contributed by atoms with van der Waals surface area (Å²) < 4.78 is 7.15. The van der Waals surface area contributed by atoms with E-state index in [0.717, 1.165) is 31.0 Å². The van der Waals surface area contributed by atoms with Crippen LogP contribution in [0.5, 0.6) is 0 Å². The highest BCUT2D eigenvalue weighted by molar-refractivity contribution is 4.96. The minimum absolute atomic E-state index is 0.429. The Hall–Kier alpha value is -0.940. The molecule has 0 atom stereocenters. The van der Waals surface area contributed by atoms with Gasteiger partial charge in [-0.3, -0.25) is 0 Å². The van der Waals surface area contributed by atoms with Crippen molar-refractivity contribution in [3.8, 4) is 0 Å². The highest BCUT2D eigenvalue weighted by Gasteiger charge is 2.10. The summed E-state index contributed by atoms with van der Waals surface area (Å²) in [5.41, 5.74) is 5.63. The fourth-order valence-corrected chi connectivity index (χ4v) is 1.57. The first-order valence-corrected chi connectivity index (χ1v) is 5.79. The SMILES string of the molecule is COCCn1c(CN)nnc1CCC(C)C. The predicted molar refractivity (Wildman–Crippen MR) is 62.9 cm³/mol. The zero-order chi connectivity index (χ0) is 12.0. The van der Waals surface area contributed by atoms with Crippen molar-refractivity contribution in [2.75, 3.05) is 13.7 Å². The van der Waals surface area contributed by atoms with Gasteiger partial charge in [0.2, 0.25) is 0 Å². The van der Waals surface area contributed by atoms with Gasteiger partial charge in [0.15, 0.2) is 0 Å². The number of nitrogens with zero attached hydrogens (tertiary/aromatic N) is 3. The minimum atomic E-state index is 0.429. The highest BCUT2D eigenvalue weighted by atomic mass is 16.5.